The lowest BCUT2D eigenvalue weighted by atomic mass is 9.77. The van der Waals surface area contributed by atoms with Crippen molar-refractivity contribution in [2.45, 2.75) is 31.3 Å². The number of hydrogen-bond donors (Lipinski definition) is 1. The third-order valence-corrected chi connectivity index (χ3v) is 4.63. The number of benzene rings is 1. The molecule has 2 heterocycles. The van der Waals surface area contributed by atoms with Gasteiger partial charge in [-0.15, -0.1) is 0 Å². The smallest absolute Gasteiger partial charge is 0.0610 e. The third-order valence-electron chi connectivity index (χ3n) is 4.28. The van der Waals surface area contributed by atoms with Gasteiger partial charge < -0.3 is 10.1 Å². The van der Waals surface area contributed by atoms with Crippen molar-refractivity contribution in [3.8, 4) is 0 Å². The highest BCUT2D eigenvalue weighted by atomic mass is 35.5. The maximum Gasteiger partial charge on any atom is 0.0610 e. The Morgan fingerprint density at radius 1 is 1.22 bits per heavy atom. The fourth-order valence-corrected chi connectivity index (χ4v) is 3.66. The fourth-order valence-electron chi connectivity index (χ4n) is 3.38. The van der Waals surface area contributed by atoms with Gasteiger partial charge in [-0.05, 0) is 43.4 Å². The molecule has 0 saturated carbocycles. The number of nitrogens with one attached hydrogen (secondary N) is 1. The molecule has 2 aliphatic rings. The standard InChI is InChI=1S/C15H20ClNO/c16-14-5-2-1-4-11(14)13-10-17-8-7-12(13)15-6-3-9-18-15/h1-2,4-5,12-13,15,17H,3,6-10H2. The zero-order chi connectivity index (χ0) is 12.4. The van der Waals surface area contributed by atoms with Crippen molar-refractivity contribution in [2.24, 2.45) is 5.92 Å². The Morgan fingerprint density at radius 3 is 2.89 bits per heavy atom. The zero-order valence-corrected chi connectivity index (χ0v) is 11.3. The predicted molar refractivity (Wildman–Crippen MR) is 74.1 cm³/mol. The van der Waals surface area contributed by atoms with Crippen LogP contribution in [0.5, 0.6) is 0 Å². The van der Waals surface area contributed by atoms with E-state index in [-0.39, 0.29) is 0 Å². The van der Waals surface area contributed by atoms with Crippen LogP contribution in [0, 0.1) is 5.92 Å². The molecule has 2 fully saturated rings. The second kappa shape index (κ2) is 5.60. The van der Waals surface area contributed by atoms with E-state index in [1.807, 2.05) is 12.1 Å². The van der Waals surface area contributed by atoms with Crippen molar-refractivity contribution in [3.05, 3.63) is 34.9 Å². The Hall–Kier alpha value is -0.570. The lowest BCUT2D eigenvalue weighted by Crippen LogP contribution is -2.40. The Bertz CT molecular complexity index is 403. The minimum Gasteiger partial charge on any atom is -0.378 e. The van der Waals surface area contributed by atoms with Crippen LogP contribution in [0.2, 0.25) is 5.02 Å². The van der Waals surface area contributed by atoms with E-state index in [2.05, 4.69) is 17.4 Å². The van der Waals surface area contributed by atoms with Crippen LogP contribution in [-0.4, -0.2) is 25.8 Å². The molecule has 3 atom stereocenters. The molecule has 3 unspecified atom stereocenters. The van der Waals surface area contributed by atoms with E-state index in [0.717, 1.165) is 24.7 Å². The number of ether oxygens (including phenoxy) is 1. The van der Waals surface area contributed by atoms with Gasteiger partial charge in [0.05, 0.1) is 6.10 Å². The lowest BCUT2D eigenvalue weighted by molar-refractivity contribution is 0.0411. The van der Waals surface area contributed by atoms with Gasteiger partial charge in [-0.1, -0.05) is 29.8 Å². The molecule has 3 heteroatoms. The summed E-state index contributed by atoms with van der Waals surface area (Å²) in [7, 11) is 0. The molecule has 0 bridgehead atoms. The van der Waals surface area contributed by atoms with Crippen LogP contribution in [0.1, 0.15) is 30.7 Å². The molecule has 18 heavy (non-hydrogen) atoms. The summed E-state index contributed by atoms with van der Waals surface area (Å²) in [5.74, 6) is 1.11. The van der Waals surface area contributed by atoms with E-state index in [0.29, 0.717) is 17.9 Å². The number of piperidine rings is 1. The van der Waals surface area contributed by atoms with Crippen LogP contribution in [0.3, 0.4) is 0 Å². The molecule has 0 radical (unpaired) electrons. The SMILES string of the molecule is Clc1ccccc1C1CNCCC1C1CCCO1. The van der Waals surface area contributed by atoms with Gasteiger partial charge in [-0.3, -0.25) is 0 Å². The lowest BCUT2D eigenvalue weighted by Gasteiger charge is -2.36. The first-order valence-electron chi connectivity index (χ1n) is 6.93. The van der Waals surface area contributed by atoms with E-state index in [4.69, 9.17) is 16.3 Å². The molecule has 1 aromatic rings. The highest BCUT2D eigenvalue weighted by molar-refractivity contribution is 6.31. The van der Waals surface area contributed by atoms with Crippen molar-refractivity contribution in [3.63, 3.8) is 0 Å². The van der Waals surface area contributed by atoms with Crippen LogP contribution in [0.4, 0.5) is 0 Å². The third kappa shape index (κ3) is 2.42. The van der Waals surface area contributed by atoms with Gasteiger partial charge in [0.1, 0.15) is 0 Å². The quantitative estimate of drug-likeness (QED) is 0.887. The molecule has 2 nitrogen and oxygen atoms in total. The largest absolute Gasteiger partial charge is 0.378 e. The van der Waals surface area contributed by atoms with Gasteiger partial charge in [0.25, 0.3) is 0 Å². The Kier molecular flexibility index (Phi) is 3.88. The summed E-state index contributed by atoms with van der Waals surface area (Å²) in [4.78, 5) is 0. The highest BCUT2D eigenvalue weighted by Gasteiger charge is 2.35. The fraction of sp³-hybridized carbons (Fsp3) is 0.600. The van der Waals surface area contributed by atoms with E-state index in [9.17, 15) is 0 Å². The molecule has 2 saturated heterocycles. The minimum atomic E-state index is 0.438. The normalized spacial score (nSPS) is 32.6. The van der Waals surface area contributed by atoms with Gasteiger partial charge in [0.2, 0.25) is 0 Å². The molecule has 0 spiro atoms. The van der Waals surface area contributed by atoms with Crippen LogP contribution >= 0.6 is 11.6 Å². The van der Waals surface area contributed by atoms with Gasteiger partial charge in [-0.25, -0.2) is 0 Å². The summed E-state index contributed by atoms with van der Waals surface area (Å²) in [6, 6.07) is 8.26. The Labute approximate surface area is 114 Å². The van der Waals surface area contributed by atoms with Crippen LogP contribution in [0.15, 0.2) is 24.3 Å². The predicted octanol–water partition coefficient (Wildman–Crippen LogP) is 3.21. The Balaban J connectivity index is 1.85. The maximum absolute atomic E-state index is 6.36. The summed E-state index contributed by atoms with van der Waals surface area (Å²) in [5.41, 5.74) is 1.28. The maximum atomic E-state index is 6.36. The average molecular weight is 266 g/mol. The number of rotatable bonds is 2. The van der Waals surface area contributed by atoms with Gasteiger partial charge in [-0.2, -0.15) is 0 Å². The van der Waals surface area contributed by atoms with Gasteiger partial charge in [0.15, 0.2) is 0 Å². The summed E-state index contributed by atoms with van der Waals surface area (Å²) < 4.78 is 5.91. The van der Waals surface area contributed by atoms with E-state index in [1.54, 1.807) is 0 Å². The highest BCUT2D eigenvalue weighted by Crippen LogP contribution is 2.38. The second-order valence-corrected chi connectivity index (χ2v) is 5.74. The first kappa shape index (κ1) is 12.5. The number of halogens is 1. The zero-order valence-electron chi connectivity index (χ0n) is 10.6. The molecular weight excluding hydrogens is 246 g/mol. The topological polar surface area (TPSA) is 21.3 Å². The molecule has 1 N–H and O–H groups in total. The van der Waals surface area contributed by atoms with E-state index in [1.165, 1.54) is 24.8 Å². The molecule has 1 aromatic carbocycles. The van der Waals surface area contributed by atoms with Crippen molar-refractivity contribution in [1.82, 2.24) is 5.32 Å². The first-order valence-corrected chi connectivity index (χ1v) is 7.31. The molecule has 0 amide bonds. The van der Waals surface area contributed by atoms with Crippen molar-refractivity contribution in [1.29, 1.82) is 0 Å². The summed E-state index contributed by atoms with van der Waals surface area (Å²) in [5, 5.41) is 4.40. The molecule has 0 aliphatic carbocycles. The second-order valence-electron chi connectivity index (χ2n) is 5.34. The van der Waals surface area contributed by atoms with Crippen molar-refractivity contribution < 1.29 is 4.74 Å². The molecule has 2 aliphatic heterocycles. The van der Waals surface area contributed by atoms with Crippen LogP contribution < -0.4 is 5.32 Å². The van der Waals surface area contributed by atoms with Gasteiger partial charge in [0, 0.05) is 24.1 Å². The van der Waals surface area contributed by atoms with Gasteiger partial charge >= 0.3 is 0 Å². The molecule has 0 aromatic heterocycles. The summed E-state index contributed by atoms with van der Waals surface area (Å²) in [6.45, 7) is 3.06. The first-order chi connectivity index (χ1) is 8.86. The molecule has 98 valence electrons. The van der Waals surface area contributed by atoms with E-state index >= 15 is 0 Å². The Morgan fingerprint density at radius 2 is 2.11 bits per heavy atom. The average Bonchev–Trinajstić information content (AvgIpc) is 2.93. The molecule has 3 rings (SSSR count). The number of hydrogen-bond acceptors (Lipinski definition) is 2. The van der Waals surface area contributed by atoms with Crippen molar-refractivity contribution >= 4 is 11.6 Å². The minimum absolute atomic E-state index is 0.438. The molecular formula is C15H20ClNO. The summed E-state index contributed by atoms with van der Waals surface area (Å²) in [6.07, 6.45) is 4.06. The van der Waals surface area contributed by atoms with Crippen LogP contribution in [-0.2, 0) is 4.74 Å². The van der Waals surface area contributed by atoms with Crippen LogP contribution in [0.25, 0.3) is 0 Å². The summed E-state index contributed by atoms with van der Waals surface area (Å²) >= 11 is 6.36. The van der Waals surface area contributed by atoms with E-state index < -0.39 is 0 Å². The van der Waals surface area contributed by atoms with Crippen molar-refractivity contribution in [2.75, 3.05) is 19.7 Å². The monoisotopic (exact) mass is 265 g/mol.